The maximum absolute atomic E-state index is 12.5. The Hall–Kier alpha value is -0.710. The van der Waals surface area contributed by atoms with Gasteiger partial charge in [-0.05, 0) is 18.1 Å². The lowest BCUT2D eigenvalue weighted by Crippen LogP contribution is -2.47. The van der Waals surface area contributed by atoms with Crippen LogP contribution >= 0.6 is 23.5 Å². The highest BCUT2D eigenvalue weighted by molar-refractivity contribution is 8.21. The highest BCUT2D eigenvalue weighted by Crippen LogP contribution is 2.57. The molecule has 2 saturated heterocycles. The average Bonchev–Trinajstić information content (AvgIpc) is 3.00. The van der Waals surface area contributed by atoms with Gasteiger partial charge in [0.05, 0.1) is 10.1 Å². The smallest absolute Gasteiger partial charge is 0.174 e. The van der Waals surface area contributed by atoms with E-state index in [1.165, 1.54) is 17.1 Å². The fraction of sp³-hybridized carbons (Fsp3) is 0.438. The zero-order valence-electron chi connectivity index (χ0n) is 11.2. The van der Waals surface area contributed by atoms with E-state index in [-0.39, 0.29) is 10.1 Å². The molecule has 3 aliphatic heterocycles. The average molecular weight is 303 g/mol. The van der Waals surface area contributed by atoms with Crippen molar-refractivity contribution in [2.45, 2.75) is 29.1 Å². The molecule has 2 fully saturated rings. The molecule has 4 heteroatoms. The first-order chi connectivity index (χ1) is 9.78. The number of ketones is 1. The number of thioether (sulfide) groups is 2. The monoisotopic (exact) mass is 303 g/mol. The predicted octanol–water partition coefficient (Wildman–Crippen LogP) is 2.94. The minimum atomic E-state index is 0.0650. The molecule has 3 heterocycles. The van der Waals surface area contributed by atoms with Gasteiger partial charge in [-0.25, -0.2) is 0 Å². The van der Waals surface area contributed by atoms with Gasteiger partial charge in [0.2, 0.25) is 0 Å². The molecule has 0 aromatic heterocycles. The van der Waals surface area contributed by atoms with Gasteiger partial charge in [0.1, 0.15) is 0 Å². The maximum Gasteiger partial charge on any atom is 0.174 e. The fourth-order valence-corrected chi connectivity index (χ4v) is 7.16. The van der Waals surface area contributed by atoms with Crippen LogP contribution in [-0.4, -0.2) is 38.4 Å². The number of fused-ring (bicyclic) bond motifs is 3. The normalized spacial score (nSPS) is 31.3. The zero-order valence-corrected chi connectivity index (χ0v) is 12.8. The van der Waals surface area contributed by atoms with Crippen LogP contribution in [0.2, 0.25) is 0 Å². The number of carbonyl (C=O) groups is 1. The summed E-state index contributed by atoms with van der Waals surface area (Å²) < 4.78 is 0.111. The van der Waals surface area contributed by atoms with Gasteiger partial charge >= 0.3 is 0 Å². The second kappa shape index (κ2) is 4.93. The van der Waals surface area contributed by atoms with E-state index in [0.29, 0.717) is 11.8 Å². The summed E-state index contributed by atoms with van der Waals surface area (Å²) in [5.41, 5.74) is 1.30. The SMILES string of the molecule is O=C1C=C[C@H]2CC3(SCCS3)[C@@H]1N2Cc1ccccc1. The van der Waals surface area contributed by atoms with E-state index in [2.05, 4.69) is 35.2 Å². The molecular formula is C16H17NOS2. The number of nitrogens with zero attached hydrogens (tertiary/aromatic N) is 1. The topological polar surface area (TPSA) is 20.3 Å². The highest BCUT2D eigenvalue weighted by atomic mass is 32.2. The van der Waals surface area contributed by atoms with Crippen LogP contribution in [0.15, 0.2) is 42.5 Å². The van der Waals surface area contributed by atoms with Crippen LogP contribution in [0.5, 0.6) is 0 Å². The molecule has 0 unspecified atom stereocenters. The molecule has 0 amide bonds. The van der Waals surface area contributed by atoms with Crippen molar-refractivity contribution in [3.8, 4) is 0 Å². The second-order valence-electron chi connectivity index (χ2n) is 5.60. The standard InChI is InChI=1S/C16H17NOS2/c18-14-7-6-13-10-16(19-8-9-20-16)15(14)17(13)11-12-4-2-1-3-5-12/h1-7,13,15H,8-11H2/t13-,15+/m0/s1. The van der Waals surface area contributed by atoms with E-state index in [9.17, 15) is 4.79 Å². The van der Waals surface area contributed by atoms with Crippen LogP contribution in [-0.2, 0) is 11.3 Å². The molecule has 1 spiro atoms. The van der Waals surface area contributed by atoms with E-state index >= 15 is 0 Å². The van der Waals surface area contributed by atoms with Gasteiger partial charge in [0, 0.05) is 24.1 Å². The molecule has 0 saturated carbocycles. The lowest BCUT2D eigenvalue weighted by atomic mass is 10.1. The summed E-state index contributed by atoms with van der Waals surface area (Å²) in [6.45, 7) is 0.884. The Labute approximate surface area is 128 Å². The van der Waals surface area contributed by atoms with E-state index < -0.39 is 0 Å². The minimum absolute atomic E-state index is 0.0650. The fourth-order valence-electron chi connectivity index (χ4n) is 3.57. The molecule has 4 rings (SSSR count). The molecule has 0 N–H and O–H groups in total. The summed E-state index contributed by atoms with van der Waals surface area (Å²) in [7, 11) is 0. The van der Waals surface area contributed by atoms with Crippen molar-refractivity contribution >= 4 is 29.3 Å². The van der Waals surface area contributed by atoms with Gasteiger partial charge in [-0.3, -0.25) is 9.69 Å². The first-order valence-electron chi connectivity index (χ1n) is 7.08. The van der Waals surface area contributed by atoms with Gasteiger partial charge in [0.15, 0.2) is 5.78 Å². The quantitative estimate of drug-likeness (QED) is 0.837. The third-order valence-corrected chi connectivity index (χ3v) is 7.94. The predicted molar refractivity (Wildman–Crippen MR) is 86.0 cm³/mol. The maximum atomic E-state index is 12.5. The summed E-state index contributed by atoms with van der Waals surface area (Å²) in [4.78, 5) is 14.9. The summed E-state index contributed by atoms with van der Waals surface area (Å²) in [6, 6.07) is 11.0. The van der Waals surface area contributed by atoms with E-state index in [0.717, 1.165) is 13.0 Å². The van der Waals surface area contributed by atoms with Crippen LogP contribution in [0.1, 0.15) is 12.0 Å². The number of carbonyl (C=O) groups excluding carboxylic acids is 1. The third-order valence-electron chi connectivity index (χ3n) is 4.40. The van der Waals surface area contributed by atoms with Crippen LogP contribution in [0, 0.1) is 0 Å². The van der Waals surface area contributed by atoms with Crippen LogP contribution in [0.3, 0.4) is 0 Å². The first-order valence-corrected chi connectivity index (χ1v) is 9.05. The van der Waals surface area contributed by atoms with Crippen molar-refractivity contribution in [2.24, 2.45) is 0 Å². The lowest BCUT2D eigenvalue weighted by Gasteiger charge is -2.34. The Kier molecular flexibility index (Phi) is 3.20. The van der Waals surface area contributed by atoms with Crippen LogP contribution in [0.25, 0.3) is 0 Å². The second-order valence-corrected chi connectivity index (χ2v) is 8.71. The molecular weight excluding hydrogens is 286 g/mol. The Morgan fingerprint density at radius 3 is 2.70 bits per heavy atom. The Balaban J connectivity index is 1.66. The van der Waals surface area contributed by atoms with Gasteiger partial charge in [-0.2, -0.15) is 0 Å². The molecule has 1 aromatic carbocycles. The summed E-state index contributed by atoms with van der Waals surface area (Å²) in [5, 5.41) is 0. The van der Waals surface area contributed by atoms with Crippen molar-refractivity contribution in [1.29, 1.82) is 0 Å². The van der Waals surface area contributed by atoms with Crippen molar-refractivity contribution in [2.75, 3.05) is 11.5 Å². The minimum Gasteiger partial charge on any atom is -0.293 e. The molecule has 20 heavy (non-hydrogen) atoms. The van der Waals surface area contributed by atoms with E-state index in [4.69, 9.17) is 0 Å². The molecule has 2 bridgehead atoms. The summed E-state index contributed by atoms with van der Waals surface area (Å²) >= 11 is 4.01. The van der Waals surface area contributed by atoms with Gasteiger partial charge in [-0.1, -0.05) is 36.4 Å². The molecule has 3 aliphatic rings. The number of rotatable bonds is 2. The van der Waals surface area contributed by atoms with Gasteiger partial charge < -0.3 is 0 Å². The van der Waals surface area contributed by atoms with Gasteiger partial charge in [-0.15, -0.1) is 23.5 Å². The van der Waals surface area contributed by atoms with Crippen LogP contribution < -0.4 is 0 Å². The zero-order chi connectivity index (χ0) is 13.6. The first kappa shape index (κ1) is 13.0. The third kappa shape index (κ3) is 1.97. The van der Waals surface area contributed by atoms with Gasteiger partial charge in [0.25, 0.3) is 0 Å². The lowest BCUT2D eigenvalue weighted by molar-refractivity contribution is -0.119. The molecule has 0 radical (unpaired) electrons. The molecule has 2 atom stereocenters. The van der Waals surface area contributed by atoms with Crippen molar-refractivity contribution in [3.63, 3.8) is 0 Å². The van der Waals surface area contributed by atoms with Crippen molar-refractivity contribution in [1.82, 2.24) is 4.90 Å². The summed E-state index contributed by atoms with van der Waals surface area (Å²) in [5.74, 6) is 2.66. The Morgan fingerprint density at radius 1 is 1.20 bits per heavy atom. The van der Waals surface area contributed by atoms with E-state index in [1.807, 2.05) is 35.7 Å². The number of hydrogen-bond donors (Lipinski definition) is 0. The van der Waals surface area contributed by atoms with Crippen molar-refractivity contribution in [3.05, 3.63) is 48.0 Å². The molecule has 0 aliphatic carbocycles. The van der Waals surface area contributed by atoms with Crippen LogP contribution in [0.4, 0.5) is 0 Å². The highest BCUT2D eigenvalue weighted by Gasteiger charge is 2.57. The van der Waals surface area contributed by atoms with Crippen molar-refractivity contribution < 1.29 is 4.79 Å². The molecule has 1 aromatic rings. The Morgan fingerprint density at radius 2 is 1.95 bits per heavy atom. The Bertz CT molecular complexity index is 551. The largest absolute Gasteiger partial charge is 0.293 e. The molecule has 104 valence electrons. The summed E-state index contributed by atoms with van der Waals surface area (Å²) in [6.07, 6.45) is 5.06. The molecule has 2 nitrogen and oxygen atoms in total. The number of hydrogen-bond acceptors (Lipinski definition) is 4. The number of benzene rings is 1. The van der Waals surface area contributed by atoms with E-state index in [1.54, 1.807) is 0 Å².